The lowest BCUT2D eigenvalue weighted by atomic mass is 9.94. The van der Waals surface area contributed by atoms with Crippen molar-refractivity contribution in [2.45, 2.75) is 42.8 Å². The number of thioether (sulfide) groups is 1. The number of benzene rings is 2. The molecule has 3 heterocycles. The zero-order valence-electron chi connectivity index (χ0n) is 20.5. The third kappa shape index (κ3) is 4.82. The first-order chi connectivity index (χ1) is 18.4. The van der Waals surface area contributed by atoms with Gasteiger partial charge in [-0.25, -0.2) is 4.39 Å². The number of amides is 1. The summed E-state index contributed by atoms with van der Waals surface area (Å²) in [7, 11) is 0. The number of aromatic nitrogens is 1. The van der Waals surface area contributed by atoms with E-state index in [4.69, 9.17) is 4.74 Å². The summed E-state index contributed by atoms with van der Waals surface area (Å²) in [6.07, 6.45) is -3.56. The molecule has 0 radical (unpaired) electrons. The molecule has 0 unspecified atom stereocenters. The normalized spacial score (nSPS) is 17.6. The van der Waals surface area contributed by atoms with E-state index in [1.54, 1.807) is 18.2 Å². The Morgan fingerprint density at radius 2 is 1.90 bits per heavy atom. The monoisotopic (exact) mass is 625 g/mol. The van der Waals surface area contributed by atoms with E-state index in [1.807, 2.05) is 6.07 Å². The van der Waals surface area contributed by atoms with Crippen LogP contribution in [0.1, 0.15) is 47.1 Å². The van der Waals surface area contributed by atoms with Crippen molar-refractivity contribution in [1.82, 2.24) is 9.58 Å². The number of halogens is 5. The van der Waals surface area contributed by atoms with Crippen LogP contribution in [0.15, 0.2) is 62.8 Å². The summed E-state index contributed by atoms with van der Waals surface area (Å²) in [6.45, 7) is 1.29. The fraction of sp³-hybridized carbons (Fsp3) is 0.269. The maximum absolute atomic E-state index is 15.1. The van der Waals surface area contributed by atoms with E-state index in [1.165, 1.54) is 39.8 Å². The number of rotatable bonds is 3. The molecule has 0 saturated carbocycles. The van der Waals surface area contributed by atoms with E-state index in [0.717, 1.165) is 30.0 Å². The minimum absolute atomic E-state index is 0.310. The van der Waals surface area contributed by atoms with Crippen LogP contribution in [0.4, 0.5) is 17.6 Å². The molecule has 0 saturated heterocycles. The maximum Gasteiger partial charge on any atom is 0.408 e. The molecular weight excluding hydrogens is 606 g/mol. The number of hydrogen-bond donors (Lipinski definition) is 0. The van der Waals surface area contributed by atoms with E-state index in [9.17, 15) is 27.6 Å². The van der Waals surface area contributed by atoms with Gasteiger partial charge in [-0.15, -0.1) is 11.8 Å². The second kappa shape index (κ2) is 10.0. The Bertz CT molecular complexity index is 1560. The Balaban J connectivity index is 1.82. The van der Waals surface area contributed by atoms with Crippen LogP contribution < -0.4 is 15.2 Å². The third-order valence-corrected chi connectivity index (χ3v) is 8.29. The van der Waals surface area contributed by atoms with Crippen molar-refractivity contribution >= 4 is 39.6 Å². The van der Waals surface area contributed by atoms with Gasteiger partial charge in [0.2, 0.25) is 11.2 Å². The first-order valence-electron chi connectivity index (χ1n) is 11.7. The SMILES string of the molecule is CC(=O)Oc1c2n(ccc1=O)N([C@@H]1c3ccc(Br)cc3CSc3c(F)cccc31)CN([C@H](C)C(F)(F)F)C2=O. The molecule has 5 rings (SSSR count). The van der Waals surface area contributed by atoms with Gasteiger partial charge in [0.05, 0.1) is 6.04 Å². The first-order valence-corrected chi connectivity index (χ1v) is 13.4. The average Bonchev–Trinajstić information content (AvgIpc) is 3.02. The molecule has 0 N–H and O–H groups in total. The van der Waals surface area contributed by atoms with Gasteiger partial charge >= 0.3 is 12.1 Å². The summed E-state index contributed by atoms with van der Waals surface area (Å²) >= 11 is 4.69. The number of carbonyl (C=O) groups is 2. The van der Waals surface area contributed by atoms with Crippen molar-refractivity contribution in [2.24, 2.45) is 0 Å². The molecule has 2 aliphatic rings. The van der Waals surface area contributed by atoms with Crippen LogP contribution in [-0.4, -0.2) is 40.3 Å². The van der Waals surface area contributed by atoms with Gasteiger partial charge in [-0.2, -0.15) is 13.2 Å². The van der Waals surface area contributed by atoms with Gasteiger partial charge in [0.15, 0.2) is 5.69 Å². The van der Waals surface area contributed by atoms with Crippen LogP contribution in [0.25, 0.3) is 0 Å². The van der Waals surface area contributed by atoms with Gasteiger partial charge in [-0.3, -0.25) is 24.1 Å². The second-order valence-electron chi connectivity index (χ2n) is 9.06. The average molecular weight is 626 g/mol. The molecule has 3 aromatic rings. The van der Waals surface area contributed by atoms with Gasteiger partial charge in [0.25, 0.3) is 5.91 Å². The Labute approximate surface area is 232 Å². The lowest BCUT2D eigenvalue weighted by Crippen LogP contribution is -2.60. The molecule has 1 amide bonds. The Morgan fingerprint density at radius 1 is 1.15 bits per heavy atom. The van der Waals surface area contributed by atoms with Crippen molar-refractivity contribution in [3.63, 3.8) is 0 Å². The molecule has 0 aliphatic carbocycles. The highest BCUT2D eigenvalue weighted by molar-refractivity contribution is 9.10. The van der Waals surface area contributed by atoms with E-state index in [-0.39, 0.29) is 0 Å². The summed E-state index contributed by atoms with van der Waals surface area (Å²) in [5.41, 5.74) is 0.550. The highest BCUT2D eigenvalue weighted by Crippen LogP contribution is 2.45. The lowest BCUT2D eigenvalue weighted by Gasteiger charge is -2.46. The van der Waals surface area contributed by atoms with E-state index in [2.05, 4.69) is 15.9 Å². The Hall–Kier alpha value is -3.32. The highest BCUT2D eigenvalue weighted by Gasteiger charge is 2.48. The topological polar surface area (TPSA) is 71.8 Å². The fourth-order valence-corrected chi connectivity index (χ4v) is 6.27. The number of carbonyl (C=O) groups excluding carboxylic acids is 2. The minimum atomic E-state index is -4.80. The van der Waals surface area contributed by atoms with Gasteiger partial charge < -0.3 is 9.64 Å². The number of alkyl halides is 3. The van der Waals surface area contributed by atoms with Crippen LogP contribution in [0, 0.1) is 5.82 Å². The number of ether oxygens (including phenoxy) is 1. The van der Waals surface area contributed by atoms with E-state index < -0.39 is 59.5 Å². The fourth-order valence-electron chi connectivity index (χ4n) is 4.76. The quantitative estimate of drug-likeness (QED) is 0.288. The third-order valence-electron chi connectivity index (χ3n) is 6.62. The molecule has 1 aromatic heterocycles. The predicted octanol–water partition coefficient (Wildman–Crippen LogP) is 5.37. The van der Waals surface area contributed by atoms with Gasteiger partial charge in [-0.1, -0.05) is 34.1 Å². The maximum atomic E-state index is 15.1. The molecule has 13 heteroatoms. The van der Waals surface area contributed by atoms with Crippen LogP contribution in [0.5, 0.6) is 5.75 Å². The van der Waals surface area contributed by atoms with Gasteiger partial charge in [0, 0.05) is 34.3 Å². The number of pyridine rings is 1. The number of nitrogens with zero attached hydrogens (tertiary/aromatic N) is 3. The van der Waals surface area contributed by atoms with Gasteiger partial charge in [-0.05, 0) is 41.8 Å². The largest absolute Gasteiger partial charge is 0.420 e. The molecule has 0 fully saturated rings. The Morgan fingerprint density at radius 3 is 2.59 bits per heavy atom. The number of fused-ring (bicyclic) bond motifs is 3. The summed E-state index contributed by atoms with van der Waals surface area (Å²) in [6, 6.07) is 7.82. The summed E-state index contributed by atoms with van der Waals surface area (Å²) in [5, 5.41) is 1.45. The summed E-state index contributed by atoms with van der Waals surface area (Å²) in [5.74, 6) is -2.86. The van der Waals surface area contributed by atoms with Crippen molar-refractivity contribution in [2.75, 3.05) is 11.7 Å². The van der Waals surface area contributed by atoms with Crippen molar-refractivity contribution in [1.29, 1.82) is 0 Å². The first kappa shape index (κ1) is 27.3. The predicted molar refractivity (Wildman–Crippen MR) is 139 cm³/mol. The summed E-state index contributed by atoms with van der Waals surface area (Å²) < 4.78 is 64.0. The Kier molecular flexibility index (Phi) is 7.00. The molecule has 2 aliphatic heterocycles. The smallest absolute Gasteiger partial charge is 0.408 e. The molecule has 204 valence electrons. The number of hydrogen-bond acceptors (Lipinski definition) is 6. The molecule has 7 nitrogen and oxygen atoms in total. The van der Waals surface area contributed by atoms with Gasteiger partial charge in [0.1, 0.15) is 18.5 Å². The number of esters is 1. The molecule has 2 aromatic carbocycles. The van der Waals surface area contributed by atoms with Crippen molar-refractivity contribution < 1.29 is 31.9 Å². The zero-order valence-corrected chi connectivity index (χ0v) is 22.9. The van der Waals surface area contributed by atoms with Crippen molar-refractivity contribution in [3.8, 4) is 5.75 Å². The molecule has 39 heavy (non-hydrogen) atoms. The van der Waals surface area contributed by atoms with E-state index >= 15 is 4.39 Å². The molecule has 2 atom stereocenters. The second-order valence-corrected chi connectivity index (χ2v) is 11.0. The highest BCUT2D eigenvalue weighted by atomic mass is 79.9. The van der Waals surface area contributed by atoms with Crippen LogP contribution >= 0.6 is 27.7 Å². The standard InChI is InChI=1S/C26H20BrF4N3O4S/c1-13(26(29,30)31)32-12-34(33-9-8-20(36)23(38-14(2)35)22(33)25(32)37)21-17-7-6-16(27)10-15(17)11-39-24-18(21)4-3-5-19(24)28/h3-10,13,21H,11-12H2,1-2H3/t13-,21-/m1/s1. The van der Waals surface area contributed by atoms with Crippen LogP contribution in [-0.2, 0) is 10.5 Å². The van der Waals surface area contributed by atoms with Crippen LogP contribution in [0.2, 0.25) is 0 Å². The zero-order chi connectivity index (χ0) is 28.2. The summed E-state index contributed by atoms with van der Waals surface area (Å²) in [4.78, 5) is 38.9. The molecule has 0 spiro atoms. The molecular formula is C26H20BrF4N3O4S. The lowest BCUT2D eigenvalue weighted by molar-refractivity contribution is -0.173. The van der Waals surface area contributed by atoms with E-state index in [0.29, 0.717) is 26.7 Å². The van der Waals surface area contributed by atoms with Crippen LogP contribution in [0.3, 0.4) is 0 Å². The minimum Gasteiger partial charge on any atom is -0.420 e. The molecule has 0 bridgehead atoms. The van der Waals surface area contributed by atoms with Crippen molar-refractivity contribution in [3.05, 3.63) is 91.6 Å².